The average molecular weight is 236 g/mol. The summed E-state index contributed by atoms with van der Waals surface area (Å²) in [6.45, 7) is 0. The van der Waals surface area contributed by atoms with Crippen molar-refractivity contribution in [2.75, 3.05) is 0 Å². The van der Waals surface area contributed by atoms with Crippen molar-refractivity contribution in [2.45, 2.75) is 18.4 Å². The maximum Gasteiger partial charge on any atom is 0.345 e. The predicted molar refractivity (Wildman–Crippen MR) is 62.5 cm³/mol. The molecule has 0 radical (unpaired) electrons. The molecule has 1 aliphatic carbocycles. The van der Waals surface area contributed by atoms with Gasteiger partial charge < -0.3 is 10.7 Å². The van der Waals surface area contributed by atoms with Crippen LogP contribution in [0.1, 0.15) is 18.5 Å². The Morgan fingerprint density at radius 3 is 2.88 bits per heavy atom. The Morgan fingerprint density at radius 1 is 1.44 bits per heavy atom. The van der Waals surface area contributed by atoms with Crippen molar-refractivity contribution in [3.8, 4) is 0 Å². The van der Waals surface area contributed by atoms with E-state index in [1.165, 1.54) is 0 Å². The van der Waals surface area contributed by atoms with Gasteiger partial charge in [-0.3, -0.25) is 0 Å². The first kappa shape index (κ1) is 9.81. The molecule has 0 amide bonds. The summed E-state index contributed by atoms with van der Waals surface area (Å²) < 4.78 is 0. The Hall–Kier alpha value is -1.39. The van der Waals surface area contributed by atoms with Gasteiger partial charge in [-0.05, 0) is 31.0 Å². The molecule has 2 aromatic rings. The molecular formula is C11H10ClN3O. The molecule has 16 heavy (non-hydrogen) atoms. The third-order valence-corrected chi connectivity index (χ3v) is 3.20. The Labute approximate surface area is 96.4 Å². The fourth-order valence-corrected chi connectivity index (χ4v) is 2.07. The SMILES string of the molecule is NC1(c2[nH]c(=O)nc3ccc(Cl)cc23)CC1. The molecule has 1 aliphatic rings. The highest BCUT2D eigenvalue weighted by Gasteiger charge is 2.42. The fourth-order valence-electron chi connectivity index (χ4n) is 1.89. The highest BCUT2D eigenvalue weighted by molar-refractivity contribution is 6.31. The summed E-state index contributed by atoms with van der Waals surface area (Å²) in [5.74, 6) is 0. The van der Waals surface area contributed by atoms with Crippen molar-refractivity contribution in [1.29, 1.82) is 0 Å². The zero-order valence-electron chi connectivity index (χ0n) is 8.46. The van der Waals surface area contributed by atoms with Crippen molar-refractivity contribution in [3.05, 3.63) is 39.4 Å². The second kappa shape index (κ2) is 3.06. The van der Waals surface area contributed by atoms with Crippen LogP contribution in [0.15, 0.2) is 23.0 Å². The third-order valence-electron chi connectivity index (χ3n) is 2.97. The molecule has 0 unspecified atom stereocenters. The smallest absolute Gasteiger partial charge is 0.320 e. The number of rotatable bonds is 1. The van der Waals surface area contributed by atoms with Crippen molar-refractivity contribution in [1.82, 2.24) is 9.97 Å². The maximum atomic E-state index is 11.4. The van der Waals surface area contributed by atoms with Crippen LogP contribution >= 0.6 is 11.6 Å². The summed E-state index contributed by atoms with van der Waals surface area (Å²) in [7, 11) is 0. The predicted octanol–water partition coefficient (Wildman–Crippen LogP) is 1.52. The largest absolute Gasteiger partial charge is 0.345 e. The molecule has 82 valence electrons. The molecule has 4 nitrogen and oxygen atoms in total. The number of benzene rings is 1. The number of hydrogen-bond acceptors (Lipinski definition) is 3. The van der Waals surface area contributed by atoms with E-state index in [1.807, 2.05) is 0 Å². The Bertz CT molecular complexity index is 631. The number of aromatic amines is 1. The van der Waals surface area contributed by atoms with Gasteiger partial charge in [0, 0.05) is 16.1 Å². The van der Waals surface area contributed by atoms with Gasteiger partial charge >= 0.3 is 5.69 Å². The van der Waals surface area contributed by atoms with Gasteiger partial charge in [-0.25, -0.2) is 4.79 Å². The molecule has 1 saturated carbocycles. The van der Waals surface area contributed by atoms with E-state index in [4.69, 9.17) is 17.3 Å². The summed E-state index contributed by atoms with van der Waals surface area (Å²) in [5, 5.41) is 1.46. The lowest BCUT2D eigenvalue weighted by atomic mass is 10.1. The first-order chi connectivity index (χ1) is 7.58. The van der Waals surface area contributed by atoms with Crippen LogP contribution in [0.3, 0.4) is 0 Å². The number of nitrogens with one attached hydrogen (secondary N) is 1. The first-order valence-electron chi connectivity index (χ1n) is 5.07. The zero-order valence-corrected chi connectivity index (χ0v) is 9.21. The highest BCUT2D eigenvalue weighted by Crippen LogP contribution is 2.43. The van der Waals surface area contributed by atoms with Crippen LogP contribution in [0.2, 0.25) is 5.02 Å². The van der Waals surface area contributed by atoms with Crippen LogP contribution < -0.4 is 11.4 Å². The highest BCUT2D eigenvalue weighted by atomic mass is 35.5. The molecule has 0 bridgehead atoms. The third kappa shape index (κ3) is 1.42. The van der Waals surface area contributed by atoms with Crippen molar-refractivity contribution in [3.63, 3.8) is 0 Å². The zero-order chi connectivity index (χ0) is 11.3. The number of hydrogen-bond donors (Lipinski definition) is 2. The normalized spacial score (nSPS) is 17.6. The van der Waals surface area contributed by atoms with E-state index in [1.54, 1.807) is 18.2 Å². The molecule has 0 aliphatic heterocycles. The van der Waals surface area contributed by atoms with Crippen LogP contribution in [0, 0.1) is 0 Å². The molecule has 3 rings (SSSR count). The van der Waals surface area contributed by atoms with Gasteiger partial charge in [-0.15, -0.1) is 0 Å². The monoisotopic (exact) mass is 235 g/mol. The molecule has 0 atom stereocenters. The Balaban J connectivity index is 2.41. The molecular weight excluding hydrogens is 226 g/mol. The number of H-pyrrole nitrogens is 1. The summed E-state index contributed by atoms with van der Waals surface area (Å²) >= 11 is 5.94. The van der Waals surface area contributed by atoms with Gasteiger partial charge in [-0.2, -0.15) is 4.98 Å². The standard InChI is InChI=1S/C11H10ClN3O/c12-6-1-2-8-7(5-6)9(11(13)3-4-11)15-10(16)14-8/h1-2,5H,3-4,13H2,(H,14,15,16). The van der Waals surface area contributed by atoms with Gasteiger partial charge in [0.2, 0.25) is 0 Å². The van der Waals surface area contributed by atoms with E-state index in [0.29, 0.717) is 10.5 Å². The van der Waals surface area contributed by atoms with Crippen LogP contribution in [0.5, 0.6) is 0 Å². The minimum absolute atomic E-state index is 0.360. The number of halogens is 1. The molecule has 1 aromatic heterocycles. The van der Waals surface area contributed by atoms with Gasteiger partial charge in [0.25, 0.3) is 0 Å². The van der Waals surface area contributed by atoms with Crippen LogP contribution in [0.25, 0.3) is 10.9 Å². The van der Waals surface area contributed by atoms with E-state index in [-0.39, 0.29) is 5.69 Å². The number of aromatic nitrogens is 2. The Morgan fingerprint density at radius 2 is 2.19 bits per heavy atom. The van der Waals surface area contributed by atoms with E-state index in [0.717, 1.165) is 23.9 Å². The first-order valence-corrected chi connectivity index (χ1v) is 5.45. The van der Waals surface area contributed by atoms with Crippen LogP contribution in [-0.4, -0.2) is 9.97 Å². The Kier molecular flexibility index (Phi) is 1.87. The molecule has 0 spiro atoms. The lowest BCUT2D eigenvalue weighted by Gasteiger charge is -2.11. The van der Waals surface area contributed by atoms with Gasteiger partial charge in [-0.1, -0.05) is 11.6 Å². The topological polar surface area (TPSA) is 71.8 Å². The minimum atomic E-state index is -0.398. The number of fused-ring (bicyclic) bond motifs is 1. The van der Waals surface area contributed by atoms with Crippen molar-refractivity contribution < 1.29 is 0 Å². The maximum absolute atomic E-state index is 11.4. The lowest BCUT2D eigenvalue weighted by Crippen LogP contribution is -2.25. The summed E-state index contributed by atoms with van der Waals surface area (Å²) in [5.41, 5.74) is 6.75. The van der Waals surface area contributed by atoms with Gasteiger partial charge in [0.05, 0.1) is 11.1 Å². The van der Waals surface area contributed by atoms with E-state index < -0.39 is 5.54 Å². The van der Waals surface area contributed by atoms with E-state index >= 15 is 0 Å². The van der Waals surface area contributed by atoms with E-state index in [9.17, 15) is 4.79 Å². The van der Waals surface area contributed by atoms with Crippen LogP contribution in [-0.2, 0) is 5.54 Å². The number of nitrogens with zero attached hydrogens (tertiary/aromatic N) is 1. The summed E-state index contributed by atoms with van der Waals surface area (Å²) in [6.07, 6.45) is 1.77. The number of nitrogens with two attached hydrogens (primary N) is 1. The lowest BCUT2D eigenvalue weighted by molar-refractivity contribution is 0.708. The molecule has 0 saturated heterocycles. The molecule has 3 N–H and O–H groups in total. The van der Waals surface area contributed by atoms with Crippen molar-refractivity contribution >= 4 is 22.5 Å². The van der Waals surface area contributed by atoms with Crippen LogP contribution in [0.4, 0.5) is 0 Å². The van der Waals surface area contributed by atoms with E-state index in [2.05, 4.69) is 9.97 Å². The minimum Gasteiger partial charge on any atom is -0.320 e. The quantitative estimate of drug-likeness (QED) is 0.787. The van der Waals surface area contributed by atoms with Gasteiger partial charge in [0.15, 0.2) is 0 Å². The molecule has 1 aromatic carbocycles. The second-order valence-corrected chi connectivity index (χ2v) is 4.67. The van der Waals surface area contributed by atoms with Gasteiger partial charge in [0.1, 0.15) is 0 Å². The fraction of sp³-hybridized carbons (Fsp3) is 0.273. The molecule has 5 heteroatoms. The molecule has 1 heterocycles. The van der Waals surface area contributed by atoms with Crippen molar-refractivity contribution in [2.24, 2.45) is 5.73 Å². The molecule has 1 fully saturated rings. The summed E-state index contributed by atoms with van der Waals surface area (Å²) in [6, 6.07) is 5.25. The summed E-state index contributed by atoms with van der Waals surface area (Å²) in [4.78, 5) is 18.0. The average Bonchev–Trinajstić information content (AvgIpc) is 2.97. The second-order valence-electron chi connectivity index (χ2n) is 4.23.